The molecule has 4 nitrogen and oxygen atoms in total. The Labute approximate surface area is 162 Å². The number of fused-ring (bicyclic) bond motifs is 3. The summed E-state index contributed by atoms with van der Waals surface area (Å²) in [6, 6.07) is 9.45. The molecule has 4 rings (SSSR count). The van der Waals surface area contributed by atoms with E-state index in [-0.39, 0.29) is 6.61 Å². The van der Waals surface area contributed by atoms with Gasteiger partial charge in [0.1, 0.15) is 35.9 Å². The molecule has 1 aliphatic rings. The first-order valence-corrected chi connectivity index (χ1v) is 9.11. The Balaban J connectivity index is 1.71. The Hall–Kier alpha value is -2.72. The van der Waals surface area contributed by atoms with Gasteiger partial charge in [-0.15, -0.1) is 0 Å². The fourth-order valence-electron chi connectivity index (χ4n) is 3.32. The van der Waals surface area contributed by atoms with Gasteiger partial charge in [-0.05, 0) is 62.2 Å². The first-order valence-electron chi connectivity index (χ1n) is 8.73. The van der Waals surface area contributed by atoms with Crippen LogP contribution in [0.15, 0.2) is 45.6 Å². The average molecular weight is 383 g/mol. The van der Waals surface area contributed by atoms with Crippen LogP contribution in [-0.2, 0) is 0 Å². The van der Waals surface area contributed by atoms with Crippen LogP contribution in [0.4, 0.5) is 0 Å². The van der Waals surface area contributed by atoms with Crippen molar-refractivity contribution in [3.8, 4) is 11.5 Å². The molecule has 5 heteroatoms. The standard InChI is InChI=1S/C22H19ClO4/c1-12-4-5-18-17(8-12)21-19(22(24)27-18)15(6-7-25-21)11-26-16-9-13(2)20(23)14(3)10-16/h4-6,8-10H,7,11H2,1-3H3. The summed E-state index contributed by atoms with van der Waals surface area (Å²) in [4.78, 5) is 12.6. The van der Waals surface area contributed by atoms with Gasteiger partial charge in [-0.3, -0.25) is 0 Å². The highest BCUT2D eigenvalue weighted by Crippen LogP contribution is 2.35. The normalized spacial score (nSPS) is 13.1. The van der Waals surface area contributed by atoms with Gasteiger partial charge in [0, 0.05) is 10.6 Å². The quantitative estimate of drug-likeness (QED) is 0.582. The van der Waals surface area contributed by atoms with Crippen LogP contribution in [0.2, 0.25) is 5.02 Å². The minimum Gasteiger partial charge on any atom is -0.489 e. The van der Waals surface area contributed by atoms with Gasteiger partial charge in [0.2, 0.25) is 0 Å². The minimum atomic E-state index is -0.417. The SMILES string of the molecule is Cc1ccc2oc(=O)c3c(c2c1)OCC=C3COc1cc(C)c(Cl)c(C)c1. The average Bonchev–Trinajstić information content (AvgIpc) is 2.65. The summed E-state index contributed by atoms with van der Waals surface area (Å²) >= 11 is 6.22. The molecule has 0 unspecified atom stereocenters. The first-order chi connectivity index (χ1) is 12.9. The number of ether oxygens (including phenoxy) is 2. The Morgan fingerprint density at radius 2 is 1.85 bits per heavy atom. The molecule has 0 aliphatic carbocycles. The van der Waals surface area contributed by atoms with Gasteiger partial charge >= 0.3 is 5.63 Å². The van der Waals surface area contributed by atoms with E-state index in [0.717, 1.165) is 32.7 Å². The van der Waals surface area contributed by atoms with Crippen LogP contribution >= 0.6 is 11.6 Å². The van der Waals surface area contributed by atoms with Gasteiger partial charge in [-0.2, -0.15) is 0 Å². The molecule has 2 heterocycles. The van der Waals surface area contributed by atoms with E-state index < -0.39 is 5.63 Å². The van der Waals surface area contributed by atoms with Crippen molar-refractivity contribution in [2.75, 3.05) is 13.2 Å². The molecule has 0 N–H and O–H groups in total. The van der Waals surface area contributed by atoms with Crippen molar-refractivity contribution in [1.82, 2.24) is 0 Å². The van der Waals surface area contributed by atoms with E-state index in [4.69, 9.17) is 25.5 Å². The third kappa shape index (κ3) is 3.21. The second-order valence-electron chi connectivity index (χ2n) is 6.79. The van der Waals surface area contributed by atoms with Gasteiger partial charge in [-0.1, -0.05) is 23.2 Å². The third-order valence-electron chi connectivity index (χ3n) is 4.70. The highest BCUT2D eigenvalue weighted by atomic mass is 35.5. The van der Waals surface area contributed by atoms with Crippen molar-refractivity contribution in [1.29, 1.82) is 0 Å². The fraction of sp³-hybridized carbons (Fsp3) is 0.227. The molecule has 0 atom stereocenters. The summed E-state index contributed by atoms with van der Waals surface area (Å²) in [5, 5.41) is 1.54. The van der Waals surface area contributed by atoms with E-state index in [9.17, 15) is 4.79 Å². The van der Waals surface area contributed by atoms with Crippen LogP contribution in [0.1, 0.15) is 22.3 Å². The highest BCUT2D eigenvalue weighted by molar-refractivity contribution is 6.32. The lowest BCUT2D eigenvalue weighted by Gasteiger charge is -2.19. The lowest BCUT2D eigenvalue weighted by molar-refractivity contribution is 0.341. The molecule has 0 radical (unpaired) electrons. The maximum atomic E-state index is 12.6. The van der Waals surface area contributed by atoms with Crippen molar-refractivity contribution in [2.45, 2.75) is 20.8 Å². The molecular formula is C22H19ClO4. The summed E-state index contributed by atoms with van der Waals surface area (Å²) in [5.74, 6) is 1.28. The molecule has 1 aliphatic heterocycles. The molecule has 138 valence electrons. The molecule has 2 aromatic carbocycles. The van der Waals surface area contributed by atoms with Crippen molar-refractivity contribution in [3.63, 3.8) is 0 Å². The molecule has 0 saturated heterocycles. The number of halogens is 1. The van der Waals surface area contributed by atoms with Crippen LogP contribution in [0, 0.1) is 20.8 Å². The summed E-state index contributed by atoms with van der Waals surface area (Å²) in [7, 11) is 0. The van der Waals surface area contributed by atoms with Gasteiger partial charge < -0.3 is 13.9 Å². The largest absolute Gasteiger partial charge is 0.489 e. The maximum absolute atomic E-state index is 12.6. The molecule has 0 spiro atoms. The molecule has 0 amide bonds. The lowest BCUT2D eigenvalue weighted by Crippen LogP contribution is -2.18. The smallest absolute Gasteiger partial charge is 0.347 e. The number of hydrogen-bond acceptors (Lipinski definition) is 4. The van der Waals surface area contributed by atoms with Crippen LogP contribution in [0.5, 0.6) is 11.5 Å². The molecule has 0 saturated carbocycles. The van der Waals surface area contributed by atoms with Gasteiger partial charge in [0.25, 0.3) is 0 Å². The van der Waals surface area contributed by atoms with Crippen LogP contribution < -0.4 is 15.1 Å². The van der Waals surface area contributed by atoms with Crippen LogP contribution in [-0.4, -0.2) is 13.2 Å². The first kappa shape index (κ1) is 17.7. The summed E-state index contributed by atoms with van der Waals surface area (Å²) < 4.78 is 17.2. The Kier molecular flexibility index (Phi) is 4.44. The van der Waals surface area contributed by atoms with Crippen molar-refractivity contribution >= 4 is 28.1 Å². The van der Waals surface area contributed by atoms with Crippen molar-refractivity contribution < 1.29 is 13.9 Å². The Morgan fingerprint density at radius 1 is 1.11 bits per heavy atom. The van der Waals surface area contributed by atoms with Gasteiger partial charge in [0.15, 0.2) is 0 Å². The third-order valence-corrected chi connectivity index (χ3v) is 5.29. The monoisotopic (exact) mass is 382 g/mol. The zero-order chi connectivity index (χ0) is 19.1. The minimum absolute atomic E-state index is 0.249. The predicted octanol–water partition coefficient (Wildman–Crippen LogP) is 5.23. The zero-order valence-electron chi connectivity index (χ0n) is 15.4. The number of aryl methyl sites for hydroxylation is 3. The fourth-order valence-corrected chi connectivity index (χ4v) is 3.43. The zero-order valence-corrected chi connectivity index (χ0v) is 16.1. The van der Waals surface area contributed by atoms with E-state index >= 15 is 0 Å². The van der Waals surface area contributed by atoms with E-state index in [1.807, 2.05) is 51.1 Å². The van der Waals surface area contributed by atoms with Crippen molar-refractivity contribution in [2.24, 2.45) is 0 Å². The van der Waals surface area contributed by atoms with Crippen LogP contribution in [0.3, 0.4) is 0 Å². The van der Waals surface area contributed by atoms with Gasteiger partial charge in [-0.25, -0.2) is 4.79 Å². The summed E-state index contributed by atoms with van der Waals surface area (Å²) in [5.41, 5.74) is 4.28. The second kappa shape index (κ2) is 6.78. The maximum Gasteiger partial charge on any atom is 0.347 e. The Bertz CT molecular complexity index is 1120. The molecule has 27 heavy (non-hydrogen) atoms. The number of benzene rings is 2. The number of rotatable bonds is 3. The van der Waals surface area contributed by atoms with Gasteiger partial charge in [0.05, 0.1) is 5.39 Å². The molecule has 1 aromatic heterocycles. The van der Waals surface area contributed by atoms with Crippen molar-refractivity contribution in [3.05, 3.63) is 74.1 Å². The van der Waals surface area contributed by atoms with E-state index in [0.29, 0.717) is 29.3 Å². The molecule has 0 bridgehead atoms. The molecule has 3 aromatic rings. The van der Waals surface area contributed by atoms with Crippen LogP contribution in [0.25, 0.3) is 16.5 Å². The Morgan fingerprint density at radius 3 is 2.59 bits per heavy atom. The topological polar surface area (TPSA) is 48.7 Å². The number of hydrogen-bond donors (Lipinski definition) is 0. The van der Waals surface area contributed by atoms with E-state index in [1.165, 1.54) is 0 Å². The molecule has 0 fully saturated rings. The summed E-state index contributed by atoms with van der Waals surface area (Å²) in [6.07, 6.45) is 1.86. The highest BCUT2D eigenvalue weighted by Gasteiger charge is 2.23. The second-order valence-corrected chi connectivity index (χ2v) is 7.17. The lowest BCUT2D eigenvalue weighted by atomic mass is 10.0. The predicted molar refractivity (Wildman–Crippen MR) is 107 cm³/mol. The molecular weight excluding hydrogens is 364 g/mol. The summed E-state index contributed by atoms with van der Waals surface area (Å²) in [6.45, 7) is 6.50. The van der Waals surface area contributed by atoms with E-state index in [1.54, 1.807) is 6.07 Å². The van der Waals surface area contributed by atoms with E-state index in [2.05, 4.69) is 0 Å².